The fraction of sp³-hybridized carbons (Fsp3) is 0.440. The van der Waals surface area contributed by atoms with Gasteiger partial charge in [-0.25, -0.2) is 9.97 Å². The van der Waals surface area contributed by atoms with Crippen LogP contribution >= 0.6 is 0 Å². The highest BCUT2D eigenvalue weighted by Gasteiger charge is 2.41. The third-order valence-electron chi connectivity index (χ3n) is 14.4. The molecule has 0 bridgehead atoms. The van der Waals surface area contributed by atoms with Crippen LogP contribution in [-0.4, -0.2) is 96.3 Å². The molecule has 2 aromatic carbocycles. The van der Waals surface area contributed by atoms with E-state index in [0.29, 0.717) is 60.5 Å². The number of fused-ring (bicyclic) bond motifs is 2. The summed E-state index contributed by atoms with van der Waals surface area (Å²) in [5.74, 6) is 0.880. The van der Waals surface area contributed by atoms with Gasteiger partial charge in [-0.05, 0) is 98.5 Å². The van der Waals surface area contributed by atoms with Gasteiger partial charge in [0.1, 0.15) is 29.4 Å². The Bertz CT molecular complexity index is 2770. The van der Waals surface area contributed by atoms with Crippen molar-refractivity contribution in [2.24, 2.45) is 0 Å². The number of aliphatic hydroxyl groups is 1. The van der Waals surface area contributed by atoms with E-state index in [2.05, 4.69) is 37.6 Å². The molecule has 3 aromatic heterocycles. The highest BCUT2D eigenvalue weighted by atomic mass is 16.5. The van der Waals surface area contributed by atoms with Crippen LogP contribution < -0.4 is 25.8 Å². The Kier molecular flexibility index (Phi) is 11.6. The van der Waals surface area contributed by atoms with Crippen molar-refractivity contribution in [2.45, 2.75) is 115 Å². The molecular weight excluding hydrogens is 839 g/mol. The van der Waals surface area contributed by atoms with Gasteiger partial charge in [0.05, 0.1) is 23.0 Å². The fourth-order valence-corrected chi connectivity index (χ4v) is 10.6. The zero-order chi connectivity index (χ0) is 45.7. The molecule has 5 aliphatic rings. The number of pyridine rings is 2. The van der Waals surface area contributed by atoms with Gasteiger partial charge in [0.25, 0.3) is 11.5 Å². The minimum absolute atomic E-state index is 0.00712. The van der Waals surface area contributed by atoms with Crippen LogP contribution in [0.25, 0.3) is 11.0 Å². The van der Waals surface area contributed by atoms with E-state index in [-0.39, 0.29) is 53.8 Å². The van der Waals surface area contributed by atoms with Gasteiger partial charge in [0, 0.05) is 81.7 Å². The summed E-state index contributed by atoms with van der Waals surface area (Å²) in [5.41, 5.74) is 4.12. The Balaban J connectivity index is 0.693. The lowest BCUT2D eigenvalue weighted by molar-refractivity contribution is -0.136. The number of Topliss-reactive ketones (excluding diaryl/α,β-unsaturated/α-hetero) is 1. The van der Waals surface area contributed by atoms with Crippen LogP contribution in [0.15, 0.2) is 71.8 Å². The summed E-state index contributed by atoms with van der Waals surface area (Å²) in [7, 11) is 0. The number of likely N-dealkylation sites (tertiary alicyclic amines) is 1. The van der Waals surface area contributed by atoms with Crippen molar-refractivity contribution in [2.75, 3.05) is 36.4 Å². The van der Waals surface area contributed by atoms with Crippen molar-refractivity contribution in [3.8, 4) is 5.75 Å². The molecule has 3 amide bonds. The van der Waals surface area contributed by atoms with Gasteiger partial charge in [-0.15, -0.1) is 0 Å². The third kappa shape index (κ3) is 8.43. The number of ether oxygens (including phenoxy) is 1. The number of ketones is 1. The number of rotatable bonds is 11. The quantitative estimate of drug-likeness (QED) is 0.106. The van der Waals surface area contributed by atoms with Crippen molar-refractivity contribution in [1.29, 1.82) is 0 Å². The molecule has 1 saturated carbocycles. The molecule has 1 unspecified atom stereocenters. The topological polar surface area (TPSA) is 192 Å². The molecule has 4 fully saturated rings. The van der Waals surface area contributed by atoms with Gasteiger partial charge in [0.15, 0.2) is 5.78 Å². The molecule has 0 radical (unpaired) electrons. The van der Waals surface area contributed by atoms with Crippen LogP contribution in [-0.2, 0) is 28.3 Å². The van der Waals surface area contributed by atoms with E-state index in [1.165, 1.54) is 17.4 Å². The number of nitrogens with one attached hydrogen (secondary N) is 2. The van der Waals surface area contributed by atoms with Crippen LogP contribution in [0.5, 0.6) is 5.75 Å². The maximum absolute atomic E-state index is 13.6. The van der Waals surface area contributed by atoms with E-state index in [9.17, 15) is 29.1 Å². The lowest BCUT2D eigenvalue weighted by Crippen LogP contribution is -2.52. The van der Waals surface area contributed by atoms with Crippen LogP contribution in [0, 0.1) is 6.92 Å². The Morgan fingerprint density at radius 1 is 0.909 bits per heavy atom. The van der Waals surface area contributed by atoms with Crippen LogP contribution in [0.3, 0.4) is 0 Å². The molecule has 3 N–H and O–H groups in total. The second-order valence-corrected chi connectivity index (χ2v) is 18.7. The van der Waals surface area contributed by atoms with Crippen LogP contribution in [0.1, 0.15) is 120 Å². The lowest BCUT2D eigenvalue weighted by atomic mass is 9.83. The number of anilines is 3. The maximum atomic E-state index is 13.6. The molecule has 1 aliphatic carbocycles. The first kappa shape index (κ1) is 43.4. The Labute approximate surface area is 382 Å². The van der Waals surface area contributed by atoms with Crippen molar-refractivity contribution in [3.05, 3.63) is 111 Å². The number of nitrogens with zero attached hydrogens (tertiary/aromatic N) is 7. The first-order valence-corrected chi connectivity index (χ1v) is 23.3. The van der Waals surface area contributed by atoms with Gasteiger partial charge < -0.3 is 25.0 Å². The van der Waals surface area contributed by atoms with Gasteiger partial charge in [-0.2, -0.15) is 4.98 Å². The number of hydrogen-bond donors (Lipinski definition) is 3. The van der Waals surface area contributed by atoms with Gasteiger partial charge >= 0.3 is 0 Å². The number of aromatic nitrogens is 4. The molecule has 5 aromatic rings. The SMILES string of the molecule is CC(=O)c1c(C)c2cnc(Nc3ccc(N4CCC(Oc5ccc(CN6CCC(O)(c7ccc8c(c7)CN(C7CCC(=O)NC7=O)C8=O)CC6)cc5)CC4)nc3)nc2n(C2CCCC2)c1=O. The summed E-state index contributed by atoms with van der Waals surface area (Å²) in [6.07, 6.45) is 10.8. The molecule has 0 spiro atoms. The third-order valence-corrected chi connectivity index (χ3v) is 14.4. The Morgan fingerprint density at radius 3 is 2.36 bits per heavy atom. The fourth-order valence-electron chi connectivity index (χ4n) is 10.6. The van der Waals surface area contributed by atoms with E-state index in [0.717, 1.165) is 86.5 Å². The van der Waals surface area contributed by atoms with Crippen LogP contribution in [0.4, 0.5) is 17.5 Å². The van der Waals surface area contributed by atoms with E-state index in [4.69, 9.17) is 14.7 Å². The minimum Gasteiger partial charge on any atom is -0.490 e. The highest BCUT2D eigenvalue weighted by molar-refractivity contribution is 6.05. The molecule has 1 atom stereocenters. The van der Waals surface area contributed by atoms with Crippen molar-refractivity contribution < 1.29 is 29.0 Å². The number of aryl methyl sites for hydroxylation is 1. The average Bonchev–Trinajstić information content (AvgIpc) is 3.96. The number of piperidine rings is 3. The second-order valence-electron chi connectivity index (χ2n) is 18.7. The van der Waals surface area contributed by atoms with Crippen molar-refractivity contribution in [1.82, 2.24) is 34.6 Å². The first-order valence-electron chi connectivity index (χ1n) is 23.3. The van der Waals surface area contributed by atoms with Gasteiger partial charge in [-0.1, -0.05) is 37.1 Å². The smallest absolute Gasteiger partial charge is 0.263 e. The standard InChI is InChI=1S/C50H55N9O7/c1-30-40-27-52-49(55-45(40)59(36-5-3-4-6-36)48(64)44(30)31(2)60)53-35-10-15-42(51-26-35)57-21-17-38(18-22-57)66-37-11-7-32(8-12-37)28-56-23-19-50(65,20-24-56)34-9-13-39-33(25-34)29-58(47(39)63)41-14-16-43(61)54-46(41)62/h7-13,15,25-27,36,38,41,65H,3-6,14,16-24,28-29H2,1-2H3,(H,52,53,55)(H,54,61,62). The summed E-state index contributed by atoms with van der Waals surface area (Å²) < 4.78 is 8.14. The molecule has 342 valence electrons. The monoisotopic (exact) mass is 893 g/mol. The van der Waals surface area contributed by atoms with Gasteiger partial charge in [-0.3, -0.25) is 38.8 Å². The number of carbonyl (C=O) groups is 4. The lowest BCUT2D eigenvalue weighted by Gasteiger charge is -2.38. The molecular formula is C50H55N9O7. The normalized spacial score (nSPS) is 20.5. The van der Waals surface area contributed by atoms with Gasteiger partial charge in [0.2, 0.25) is 17.8 Å². The zero-order valence-electron chi connectivity index (χ0n) is 37.4. The van der Waals surface area contributed by atoms with Crippen molar-refractivity contribution in [3.63, 3.8) is 0 Å². The highest BCUT2D eigenvalue weighted by Crippen LogP contribution is 2.37. The van der Waals surface area contributed by atoms with E-state index < -0.39 is 17.6 Å². The molecule has 16 nitrogen and oxygen atoms in total. The van der Waals surface area contributed by atoms with Crippen LogP contribution in [0.2, 0.25) is 0 Å². The minimum atomic E-state index is -1.01. The van der Waals surface area contributed by atoms with E-state index in [1.807, 2.05) is 36.4 Å². The van der Waals surface area contributed by atoms with E-state index >= 15 is 0 Å². The largest absolute Gasteiger partial charge is 0.490 e. The molecule has 66 heavy (non-hydrogen) atoms. The summed E-state index contributed by atoms with van der Waals surface area (Å²) in [5, 5.41) is 18.1. The van der Waals surface area contributed by atoms with Crippen molar-refractivity contribution >= 4 is 52.0 Å². The molecule has 4 aliphatic heterocycles. The molecule has 16 heteroatoms. The summed E-state index contributed by atoms with van der Waals surface area (Å²) >= 11 is 0. The Morgan fingerprint density at radius 2 is 1.67 bits per heavy atom. The molecule has 7 heterocycles. The second kappa shape index (κ2) is 17.7. The predicted molar refractivity (Wildman–Crippen MR) is 247 cm³/mol. The Hall–Kier alpha value is -6.52. The predicted octanol–water partition coefficient (Wildman–Crippen LogP) is 5.85. The summed E-state index contributed by atoms with van der Waals surface area (Å²) in [6, 6.07) is 17.1. The number of carbonyl (C=O) groups excluding carboxylic acids is 4. The molecule has 3 saturated heterocycles. The number of hydrogen-bond acceptors (Lipinski definition) is 13. The molecule has 10 rings (SSSR count). The summed E-state index contributed by atoms with van der Waals surface area (Å²) in [6.45, 7) is 7.32. The first-order chi connectivity index (χ1) is 31.9. The number of amides is 3. The number of benzene rings is 2. The maximum Gasteiger partial charge on any atom is 0.263 e. The number of imide groups is 1. The summed E-state index contributed by atoms with van der Waals surface area (Å²) in [4.78, 5) is 83.7. The zero-order valence-corrected chi connectivity index (χ0v) is 37.4. The van der Waals surface area contributed by atoms with E-state index in [1.54, 1.807) is 30.0 Å². The average molecular weight is 894 g/mol.